The van der Waals surface area contributed by atoms with Crippen LogP contribution in [0.5, 0.6) is 5.75 Å². The third-order valence-corrected chi connectivity index (χ3v) is 7.02. The van der Waals surface area contributed by atoms with Crippen LogP contribution in [0.2, 0.25) is 0 Å². The molecule has 0 bridgehead atoms. The van der Waals surface area contributed by atoms with Gasteiger partial charge in [0.2, 0.25) is 5.91 Å². The van der Waals surface area contributed by atoms with Crippen LogP contribution in [0, 0.1) is 19.4 Å². The van der Waals surface area contributed by atoms with Crippen LogP contribution < -0.4 is 10.6 Å². The zero-order valence-corrected chi connectivity index (χ0v) is 28.6. The van der Waals surface area contributed by atoms with E-state index in [0.717, 1.165) is 10.5 Å². The van der Waals surface area contributed by atoms with E-state index < -0.39 is 53.2 Å². The van der Waals surface area contributed by atoms with Crippen LogP contribution >= 0.6 is 0 Å². The number of ether oxygens (including phenoxy) is 2. The van der Waals surface area contributed by atoms with Crippen molar-refractivity contribution in [3.63, 3.8) is 0 Å². The van der Waals surface area contributed by atoms with Gasteiger partial charge in [-0.05, 0) is 82.9 Å². The van der Waals surface area contributed by atoms with Gasteiger partial charge in [0.15, 0.2) is 0 Å². The molecule has 3 rings (SSSR count). The predicted molar refractivity (Wildman–Crippen MR) is 182 cm³/mol. The van der Waals surface area contributed by atoms with Crippen LogP contribution in [0.25, 0.3) is 0 Å². The van der Waals surface area contributed by atoms with Gasteiger partial charge in [-0.2, -0.15) is 0 Å². The van der Waals surface area contributed by atoms with Gasteiger partial charge in [-0.1, -0.05) is 73.2 Å². The zero-order chi connectivity index (χ0) is 35.6. The summed E-state index contributed by atoms with van der Waals surface area (Å²) in [6.45, 7) is 12.0. The lowest BCUT2D eigenvalue weighted by atomic mass is 9.96. The SMILES string of the molecule is C#CN(C(=O)C(Cc1ccc(O)cc1)NC(=O)OC(C)(C)C)C(C(=O)NC(Cc1ccccc1)C(=O)OC(C)(C)C)c1ccccc1C. The number of nitrogens with one attached hydrogen (secondary N) is 2. The monoisotopic (exact) mass is 655 g/mol. The van der Waals surface area contributed by atoms with Crippen molar-refractivity contribution in [2.75, 3.05) is 0 Å². The summed E-state index contributed by atoms with van der Waals surface area (Å²) < 4.78 is 11.1. The molecule has 10 nitrogen and oxygen atoms in total. The Bertz CT molecular complexity index is 1620. The molecule has 0 aromatic heterocycles. The van der Waals surface area contributed by atoms with Gasteiger partial charge in [-0.3, -0.25) is 14.5 Å². The van der Waals surface area contributed by atoms with Gasteiger partial charge < -0.3 is 25.2 Å². The highest BCUT2D eigenvalue weighted by Crippen LogP contribution is 2.26. The molecule has 0 aliphatic rings. The highest BCUT2D eigenvalue weighted by Gasteiger charge is 2.38. The standard InChI is InChI=1S/C38H45N3O7/c1-9-41(34(44)30(40-36(46)48-38(6,7)8)23-27-19-21-28(42)22-20-27)32(29-18-14-13-15-25(29)2)33(43)39-31(35(45)47-37(3,4)5)24-26-16-11-10-12-17-26/h1,10-22,30-32,42H,23-24H2,2-8H3,(H,39,43)(H,40,46). The van der Waals surface area contributed by atoms with Crippen molar-refractivity contribution in [1.82, 2.24) is 15.5 Å². The van der Waals surface area contributed by atoms with Crippen LogP contribution in [0.1, 0.15) is 69.8 Å². The van der Waals surface area contributed by atoms with E-state index in [9.17, 15) is 24.3 Å². The number of esters is 1. The van der Waals surface area contributed by atoms with Gasteiger partial charge in [0.25, 0.3) is 5.91 Å². The molecule has 0 saturated carbocycles. The molecule has 0 spiro atoms. The third kappa shape index (κ3) is 11.2. The number of carbonyl (C=O) groups is 4. The fraction of sp³-hybridized carbons (Fsp3) is 0.368. The first-order valence-electron chi connectivity index (χ1n) is 15.7. The Kier molecular flexibility index (Phi) is 12.4. The number of aromatic hydroxyl groups is 1. The van der Waals surface area contributed by atoms with Gasteiger partial charge in [0, 0.05) is 18.9 Å². The summed E-state index contributed by atoms with van der Waals surface area (Å²) in [7, 11) is 0. The number of phenols is 1. The number of benzene rings is 3. The maximum absolute atomic E-state index is 14.4. The molecule has 3 unspecified atom stereocenters. The summed E-state index contributed by atoms with van der Waals surface area (Å²) in [5, 5.41) is 15.2. The molecule has 0 radical (unpaired) electrons. The summed E-state index contributed by atoms with van der Waals surface area (Å²) in [5.74, 6) is -2.11. The van der Waals surface area contributed by atoms with E-state index in [1.807, 2.05) is 30.3 Å². The number of aryl methyl sites for hydroxylation is 1. The zero-order valence-electron chi connectivity index (χ0n) is 28.6. The maximum Gasteiger partial charge on any atom is 0.408 e. The van der Waals surface area contributed by atoms with Crippen molar-refractivity contribution in [3.05, 3.63) is 101 Å². The van der Waals surface area contributed by atoms with E-state index in [0.29, 0.717) is 16.7 Å². The second kappa shape index (κ2) is 16.0. The topological polar surface area (TPSA) is 134 Å². The van der Waals surface area contributed by atoms with E-state index in [2.05, 4.69) is 16.7 Å². The van der Waals surface area contributed by atoms with Gasteiger partial charge in [-0.25, -0.2) is 9.59 Å². The molecule has 0 saturated heterocycles. The van der Waals surface area contributed by atoms with Gasteiger partial charge >= 0.3 is 12.1 Å². The van der Waals surface area contributed by atoms with Crippen molar-refractivity contribution < 1.29 is 33.8 Å². The van der Waals surface area contributed by atoms with Crippen molar-refractivity contribution in [1.29, 1.82) is 0 Å². The highest BCUT2D eigenvalue weighted by molar-refractivity contribution is 5.95. The molecule has 48 heavy (non-hydrogen) atoms. The lowest BCUT2D eigenvalue weighted by Crippen LogP contribution is -2.54. The minimum absolute atomic E-state index is 0.0262. The van der Waals surface area contributed by atoms with Crippen LogP contribution in [0.3, 0.4) is 0 Å². The highest BCUT2D eigenvalue weighted by atomic mass is 16.6. The van der Waals surface area contributed by atoms with E-state index in [4.69, 9.17) is 15.9 Å². The molecule has 0 aliphatic heterocycles. The van der Waals surface area contributed by atoms with Crippen LogP contribution in [-0.2, 0) is 36.7 Å². The minimum Gasteiger partial charge on any atom is -0.508 e. The number of amides is 3. The Morgan fingerprint density at radius 3 is 1.88 bits per heavy atom. The van der Waals surface area contributed by atoms with Crippen LogP contribution in [-0.4, -0.2) is 57.2 Å². The summed E-state index contributed by atoms with van der Waals surface area (Å²) in [6, 6.07) is 20.8. The average Bonchev–Trinajstić information content (AvgIpc) is 2.99. The van der Waals surface area contributed by atoms with E-state index in [1.54, 1.807) is 84.9 Å². The van der Waals surface area contributed by atoms with Crippen molar-refractivity contribution in [3.8, 4) is 18.2 Å². The number of hydrogen-bond donors (Lipinski definition) is 3. The molecule has 10 heteroatoms. The summed E-state index contributed by atoms with van der Waals surface area (Å²) in [6.07, 6.45) is 5.21. The number of rotatable bonds is 11. The molecule has 3 aromatic rings. The predicted octanol–water partition coefficient (Wildman–Crippen LogP) is 5.37. The number of alkyl carbamates (subject to hydrolysis) is 1. The molecule has 0 aliphatic carbocycles. The Balaban J connectivity index is 2.06. The van der Waals surface area contributed by atoms with Gasteiger partial charge in [0.1, 0.15) is 35.1 Å². The molecule has 254 valence electrons. The smallest absolute Gasteiger partial charge is 0.408 e. The largest absolute Gasteiger partial charge is 0.508 e. The summed E-state index contributed by atoms with van der Waals surface area (Å²) in [5.41, 5.74) is 0.774. The van der Waals surface area contributed by atoms with E-state index >= 15 is 0 Å². The fourth-order valence-electron chi connectivity index (χ4n) is 4.91. The molecular formula is C38H45N3O7. The summed E-state index contributed by atoms with van der Waals surface area (Å²) in [4.78, 5) is 56.0. The quantitative estimate of drug-likeness (QED) is 0.144. The van der Waals surface area contributed by atoms with Gasteiger partial charge in [0.05, 0.1) is 0 Å². The second-order valence-electron chi connectivity index (χ2n) is 13.5. The Morgan fingerprint density at radius 2 is 1.31 bits per heavy atom. The summed E-state index contributed by atoms with van der Waals surface area (Å²) >= 11 is 0. The Hall–Kier alpha value is -5.30. The molecule has 3 amide bonds. The molecule has 0 fully saturated rings. The van der Waals surface area contributed by atoms with Crippen molar-refractivity contribution >= 4 is 23.9 Å². The number of phenolic OH excluding ortho intramolecular Hbond substituents is 1. The second-order valence-corrected chi connectivity index (χ2v) is 13.5. The number of terminal acetylenes is 1. The van der Waals surface area contributed by atoms with Crippen LogP contribution in [0.15, 0.2) is 78.9 Å². The normalized spacial score (nSPS) is 13.2. The minimum atomic E-state index is -1.40. The first-order valence-corrected chi connectivity index (χ1v) is 15.7. The van der Waals surface area contributed by atoms with Crippen LogP contribution in [0.4, 0.5) is 4.79 Å². The molecule has 0 heterocycles. The molecular weight excluding hydrogens is 610 g/mol. The van der Waals surface area contributed by atoms with E-state index in [-0.39, 0.29) is 18.6 Å². The van der Waals surface area contributed by atoms with Crippen molar-refractivity contribution in [2.45, 2.75) is 90.6 Å². The molecule has 3 atom stereocenters. The first kappa shape index (κ1) is 37.2. The number of carbonyl (C=O) groups excluding carboxylic acids is 4. The average molecular weight is 656 g/mol. The lowest BCUT2D eigenvalue weighted by molar-refractivity contribution is -0.159. The number of nitrogens with zero attached hydrogens (tertiary/aromatic N) is 1. The maximum atomic E-state index is 14.4. The molecule has 3 aromatic carbocycles. The third-order valence-electron chi connectivity index (χ3n) is 7.02. The number of hydrogen-bond acceptors (Lipinski definition) is 7. The van der Waals surface area contributed by atoms with Gasteiger partial charge in [-0.15, -0.1) is 0 Å². The lowest BCUT2D eigenvalue weighted by Gasteiger charge is -2.32. The molecule has 3 N–H and O–H groups in total. The first-order chi connectivity index (χ1) is 22.5. The van der Waals surface area contributed by atoms with Crippen molar-refractivity contribution in [2.24, 2.45) is 0 Å². The Morgan fingerprint density at radius 1 is 0.771 bits per heavy atom. The van der Waals surface area contributed by atoms with E-state index in [1.165, 1.54) is 12.1 Å². The fourth-order valence-corrected chi connectivity index (χ4v) is 4.91. The Labute approximate surface area is 282 Å².